The van der Waals surface area contributed by atoms with Gasteiger partial charge in [0.2, 0.25) is 17.6 Å². The molecule has 0 bridgehead atoms. The average molecular weight is 496 g/mol. The van der Waals surface area contributed by atoms with Crippen molar-refractivity contribution in [2.75, 3.05) is 18.9 Å². The van der Waals surface area contributed by atoms with E-state index >= 15 is 0 Å². The van der Waals surface area contributed by atoms with Gasteiger partial charge in [-0.25, -0.2) is 0 Å². The van der Waals surface area contributed by atoms with Crippen LogP contribution in [0.2, 0.25) is 0 Å². The molecule has 1 fully saturated rings. The highest BCUT2D eigenvalue weighted by Gasteiger charge is 2.28. The molecule has 9 heteroatoms. The van der Waals surface area contributed by atoms with Crippen LogP contribution in [0.4, 0.5) is 5.69 Å². The summed E-state index contributed by atoms with van der Waals surface area (Å²) in [6, 6.07) is 11.7. The molecular formula is C26H33N5O3S. The minimum absolute atomic E-state index is 0.0191. The van der Waals surface area contributed by atoms with E-state index < -0.39 is 5.25 Å². The van der Waals surface area contributed by atoms with E-state index in [1.165, 1.54) is 23.1 Å². The minimum atomic E-state index is -0.424. The third kappa shape index (κ3) is 5.96. The Balaban J connectivity index is 1.43. The van der Waals surface area contributed by atoms with Crippen LogP contribution in [0, 0.1) is 0 Å². The molecule has 0 spiro atoms. The number of nitrogens with one attached hydrogen (secondary N) is 1. The molecule has 2 amide bonds. The summed E-state index contributed by atoms with van der Waals surface area (Å²) < 4.78 is 7.75. The third-order valence-corrected chi connectivity index (χ3v) is 7.45. The van der Waals surface area contributed by atoms with Crippen LogP contribution in [0.25, 0.3) is 11.6 Å². The fourth-order valence-corrected chi connectivity index (χ4v) is 5.59. The van der Waals surface area contributed by atoms with Gasteiger partial charge in [-0.3, -0.25) is 14.2 Å². The zero-order chi connectivity index (χ0) is 24.8. The van der Waals surface area contributed by atoms with Gasteiger partial charge in [0.25, 0.3) is 0 Å². The van der Waals surface area contributed by atoms with Gasteiger partial charge in [0.05, 0.1) is 18.1 Å². The number of carbonyl (C=O) groups excluding carboxylic acids is 2. The Kier molecular flexibility index (Phi) is 8.28. The third-order valence-electron chi connectivity index (χ3n) is 6.41. The molecule has 0 saturated heterocycles. The topological polar surface area (TPSA) is 93.3 Å². The smallest absolute Gasteiger partial charge is 0.243 e. The van der Waals surface area contributed by atoms with Gasteiger partial charge in [0.1, 0.15) is 0 Å². The number of hydrogen-bond donors (Lipinski definition) is 1. The molecule has 3 aromatic rings. The van der Waals surface area contributed by atoms with Crippen LogP contribution in [0.3, 0.4) is 0 Å². The van der Waals surface area contributed by atoms with E-state index in [4.69, 9.17) is 4.42 Å². The molecule has 1 aromatic carbocycles. The number of aryl methyl sites for hydroxylation is 1. The minimum Gasteiger partial charge on any atom is -0.461 e. The van der Waals surface area contributed by atoms with Crippen LogP contribution in [0.5, 0.6) is 0 Å². The van der Waals surface area contributed by atoms with Crippen LogP contribution < -0.4 is 5.32 Å². The van der Waals surface area contributed by atoms with Crippen molar-refractivity contribution in [3.8, 4) is 11.6 Å². The van der Waals surface area contributed by atoms with E-state index in [-0.39, 0.29) is 24.4 Å². The molecule has 2 aromatic heterocycles. The largest absolute Gasteiger partial charge is 0.461 e. The highest BCUT2D eigenvalue weighted by molar-refractivity contribution is 8.00. The maximum atomic E-state index is 13.1. The number of rotatable bonds is 9. The van der Waals surface area contributed by atoms with Crippen molar-refractivity contribution in [3.63, 3.8) is 0 Å². The Morgan fingerprint density at radius 1 is 1.17 bits per heavy atom. The molecule has 1 aliphatic carbocycles. The maximum Gasteiger partial charge on any atom is 0.243 e. The van der Waals surface area contributed by atoms with Crippen molar-refractivity contribution in [2.24, 2.45) is 0 Å². The van der Waals surface area contributed by atoms with E-state index in [9.17, 15) is 9.59 Å². The van der Waals surface area contributed by atoms with Gasteiger partial charge >= 0.3 is 0 Å². The van der Waals surface area contributed by atoms with Crippen molar-refractivity contribution in [2.45, 2.75) is 68.8 Å². The molecule has 0 aliphatic heterocycles. The summed E-state index contributed by atoms with van der Waals surface area (Å²) in [5.74, 6) is 1.03. The fourth-order valence-electron chi connectivity index (χ4n) is 4.55. The number of carbonyl (C=O) groups is 2. The summed E-state index contributed by atoms with van der Waals surface area (Å²) in [7, 11) is 1.66. The molecule has 186 valence electrons. The number of benzene rings is 1. The number of aromatic nitrogens is 3. The first-order valence-corrected chi connectivity index (χ1v) is 13.1. The van der Waals surface area contributed by atoms with Gasteiger partial charge in [0, 0.05) is 18.8 Å². The van der Waals surface area contributed by atoms with Crippen LogP contribution in [0.1, 0.15) is 57.6 Å². The first kappa shape index (κ1) is 25.0. The Morgan fingerprint density at radius 2 is 1.94 bits per heavy atom. The normalized spacial score (nSPS) is 15.1. The second-order valence-corrected chi connectivity index (χ2v) is 10.3. The maximum absolute atomic E-state index is 13.1. The van der Waals surface area contributed by atoms with Gasteiger partial charge in [-0.05, 0) is 49.9 Å². The fraction of sp³-hybridized carbons (Fsp3) is 0.462. The molecule has 35 heavy (non-hydrogen) atoms. The first-order valence-electron chi connectivity index (χ1n) is 12.3. The molecule has 4 rings (SSSR count). The second kappa shape index (κ2) is 11.6. The second-order valence-electron chi connectivity index (χ2n) is 8.96. The van der Waals surface area contributed by atoms with Crippen molar-refractivity contribution in [3.05, 3.63) is 48.2 Å². The van der Waals surface area contributed by atoms with Gasteiger partial charge in [-0.15, -0.1) is 10.2 Å². The van der Waals surface area contributed by atoms with E-state index in [0.717, 1.165) is 43.4 Å². The number of thioether (sulfide) groups is 1. The lowest BCUT2D eigenvalue weighted by molar-refractivity contribution is -0.132. The Hall–Kier alpha value is -3.07. The zero-order valence-corrected chi connectivity index (χ0v) is 21.4. The average Bonchev–Trinajstić information content (AvgIpc) is 3.54. The highest BCUT2D eigenvalue weighted by Crippen LogP contribution is 2.36. The van der Waals surface area contributed by atoms with E-state index in [1.54, 1.807) is 13.3 Å². The number of amides is 2. The van der Waals surface area contributed by atoms with Gasteiger partial charge in [0.15, 0.2) is 10.9 Å². The quantitative estimate of drug-likeness (QED) is 0.411. The molecule has 2 heterocycles. The Morgan fingerprint density at radius 3 is 2.66 bits per heavy atom. The number of hydrogen-bond acceptors (Lipinski definition) is 6. The number of para-hydroxylation sites is 1. The number of likely N-dealkylation sites (N-methyl/N-ethyl adjacent to an activating group) is 1. The van der Waals surface area contributed by atoms with E-state index in [0.29, 0.717) is 16.7 Å². The van der Waals surface area contributed by atoms with Crippen molar-refractivity contribution in [1.82, 2.24) is 19.7 Å². The summed E-state index contributed by atoms with van der Waals surface area (Å²) in [6.45, 7) is 3.87. The Bertz CT molecular complexity index is 1140. The van der Waals surface area contributed by atoms with Crippen molar-refractivity contribution in [1.29, 1.82) is 0 Å². The molecule has 1 atom stereocenters. The van der Waals surface area contributed by atoms with Gasteiger partial charge in [-0.1, -0.05) is 56.1 Å². The molecule has 8 nitrogen and oxygen atoms in total. The summed E-state index contributed by atoms with van der Waals surface area (Å²) >= 11 is 1.38. The summed E-state index contributed by atoms with van der Waals surface area (Å²) in [5.41, 5.74) is 1.85. The monoisotopic (exact) mass is 495 g/mol. The molecule has 1 saturated carbocycles. The standard InChI is InChI=1S/C26H33N5O3S/c1-4-19-11-8-9-14-21(19)27-23(32)17-30(3)25(33)18(2)35-26-29-28-24(22-15-10-16-34-22)31(26)20-12-6-5-7-13-20/h8-11,14-16,18,20H,4-7,12-13,17H2,1-3H3,(H,27,32)/t18-/m1/s1. The highest BCUT2D eigenvalue weighted by atomic mass is 32.2. The van der Waals surface area contributed by atoms with Crippen molar-refractivity contribution >= 4 is 29.3 Å². The van der Waals surface area contributed by atoms with Gasteiger partial charge in [-0.2, -0.15) is 0 Å². The van der Waals surface area contributed by atoms with Crippen molar-refractivity contribution < 1.29 is 14.0 Å². The molecule has 0 radical (unpaired) electrons. The van der Waals surface area contributed by atoms with Gasteiger partial charge < -0.3 is 14.6 Å². The number of nitrogens with zero attached hydrogens (tertiary/aromatic N) is 4. The molecule has 1 N–H and O–H groups in total. The summed E-state index contributed by atoms with van der Waals surface area (Å²) in [5, 5.41) is 12.1. The van der Waals surface area contributed by atoms with E-state index in [2.05, 4.69) is 20.1 Å². The lowest BCUT2D eigenvalue weighted by Crippen LogP contribution is -2.39. The summed E-state index contributed by atoms with van der Waals surface area (Å²) in [4.78, 5) is 27.2. The molecule has 1 aliphatic rings. The lowest BCUT2D eigenvalue weighted by Gasteiger charge is -2.26. The molecular weight excluding hydrogens is 462 g/mol. The predicted octanol–water partition coefficient (Wildman–Crippen LogP) is 5.18. The van der Waals surface area contributed by atoms with E-state index in [1.807, 2.05) is 50.2 Å². The lowest BCUT2D eigenvalue weighted by atomic mass is 9.95. The van der Waals surface area contributed by atoms with Crippen LogP contribution in [-0.4, -0.2) is 50.3 Å². The predicted molar refractivity (Wildman–Crippen MR) is 137 cm³/mol. The van der Waals surface area contributed by atoms with Crippen LogP contribution >= 0.6 is 11.8 Å². The Labute approximate surface area is 210 Å². The van der Waals surface area contributed by atoms with Crippen LogP contribution in [-0.2, 0) is 16.0 Å². The molecule has 0 unspecified atom stereocenters. The zero-order valence-electron chi connectivity index (χ0n) is 20.6. The number of anilines is 1. The first-order chi connectivity index (χ1) is 17.0. The summed E-state index contributed by atoms with van der Waals surface area (Å²) in [6.07, 6.45) is 8.13. The van der Waals surface area contributed by atoms with Crippen LogP contribution in [0.15, 0.2) is 52.2 Å². The number of furan rings is 1. The SMILES string of the molecule is CCc1ccccc1NC(=O)CN(C)C(=O)[C@@H](C)Sc1nnc(-c2ccco2)n1C1CCCCC1.